The number of carbonyl (C=O) groups is 2. The highest BCUT2D eigenvalue weighted by Crippen LogP contribution is 2.47. The fourth-order valence-electron chi connectivity index (χ4n) is 4.42. The minimum Gasteiger partial charge on any atom is -0.490 e. The smallest absolute Gasteiger partial charge is 0.224 e. The van der Waals surface area contributed by atoms with Crippen molar-refractivity contribution in [1.29, 1.82) is 0 Å². The Kier molecular flexibility index (Phi) is 7.18. The van der Waals surface area contributed by atoms with Gasteiger partial charge in [0.1, 0.15) is 12.4 Å². The summed E-state index contributed by atoms with van der Waals surface area (Å²) in [6, 6.07) is 4.51. The molecule has 0 fully saturated rings. The van der Waals surface area contributed by atoms with Crippen LogP contribution in [0.25, 0.3) is 0 Å². The average molecular weight is 468 g/mol. The molecule has 174 valence electrons. The lowest BCUT2D eigenvalue weighted by atomic mass is 9.73. The number of ether oxygens (including phenoxy) is 1. The summed E-state index contributed by atoms with van der Waals surface area (Å²) in [4.78, 5) is 28.1. The fourth-order valence-corrected chi connectivity index (χ4v) is 4.69. The number of hydrogen-bond donors (Lipinski definition) is 2. The number of nitrogens with one attached hydrogen (secondary N) is 1. The minimum absolute atomic E-state index is 0.0377. The highest BCUT2D eigenvalue weighted by atomic mass is 35.5. The Morgan fingerprint density at radius 2 is 2.09 bits per heavy atom. The molecule has 1 aliphatic heterocycles. The SMILES string of the molecule is C=CC=C1/C(=C\N)NC2=C(C(=O)CC(C)(C)C2)C(c2ccc(OCC=C)cc2Cl)N1C(C)=O. The maximum atomic E-state index is 13.5. The van der Waals surface area contributed by atoms with E-state index in [-0.39, 0.29) is 17.1 Å². The van der Waals surface area contributed by atoms with Gasteiger partial charge in [-0.15, -0.1) is 0 Å². The van der Waals surface area contributed by atoms with Crippen LogP contribution in [0.1, 0.15) is 45.2 Å². The summed E-state index contributed by atoms with van der Waals surface area (Å²) >= 11 is 6.72. The van der Waals surface area contributed by atoms with Crippen molar-refractivity contribution in [2.24, 2.45) is 11.1 Å². The van der Waals surface area contributed by atoms with Crippen LogP contribution in [-0.2, 0) is 9.59 Å². The monoisotopic (exact) mass is 467 g/mol. The number of ketones is 1. The second kappa shape index (κ2) is 9.71. The third-order valence-electron chi connectivity index (χ3n) is 5.69. The molecule has 1 amide bonds. The molecular weight excluding hydrogens is 438 g/mol. The van der Waals surface area contributed by atoms with Gasteiger partial charge < -0.3 is 15.8 Å². The van der Waals surface area contributed by atoms with Crippen LogP contribution < -0.4 is 15.8 Å². The number of rotatable bonds is 5. The van der Waals surface area contributed by atoms with E-state index < -0.39 is 6.04 Å². The maximum absolute atomic E-state index is 13.5. The Bertz CT molecular complexity index is 1100. The van der Waals surface area contributed by atoms with Crippen LogP contribution in [0.3, 0.4) is 0 Å². The van der Waals surface area contributed by atoms with Gasteiger partial charge in [0.25, 0.3) is 0 Å². The number of benzene rings is 1. The highest BCUT2D eigenvalue weighted by molar-refractivity contribution is 6.31. The molecule has 2 aliphatic rings. The first-order valence-electron chi connectivity index (χ1n) is 10.7. The Morgan fingerprint density at radius 3 is 2.67 bits per heavy atom. The van der Waals surface area contributed by atoms with Crippen LogP contribution in [0.15, 0.2) is 78.4 Å². The summed E-state index contributed by atoms with van der Waals surface area (Å²) < 4.78 is 5.60. The van der Waals surface area contributed by atoms with Crippen molar-refractivity contribution in [3.63, 3.8) is 0 Å². The van der Waals surface area contributed by atoms with Crippen molar-refractivity contribution < 1.29 is 14.3 Å². The van der Waals surface area contributed by atoms with Crippen LogP contribution in [0.4, 0.5) is 0 Å². The number of amides is 1. The van der Waals surface area contributed by atoms with E-state index in [0.29, 0.717) is 52.8 Å². The number of halogens is 1. The lowest BCUT2D eigenvalue weighted by Crippen LogP contribution is -2.37. The van der Waals surface area contributed by atoms with Crippen molar-refractivity contribution in [2.75, 3.05) is 6.61 Å². The van der Waals surface area contributed by atoms with Gasteiger partial charge in [0.05, 0.1) is 17.4 Å². The first-order chi connectivity index (χ1) is 15.6. The fraction of sp³-hybridized carbons (Fsp3) is 0.308. The summed E-state index contributed by atoms with van der Waals surface area (Å²) in [5.41, 5.74) is 8.62. The van der Waals surface area contributed by atoms with Crippen LogP contribution in [-0.4, -0.2) is 23.2 Å². The quantitative estimate of drug-likeness (QED) is 0.601. The van der Waals surface area contributed by atoms with E-state index in [4.69, 9.17) is 22.1 Å². The molecule has 1 unspecified atom stereocenters. The van der Waals surface area contributed by atoms with Crippen LogP contribution in [0.5, 0.6) is 5.75 Å². The van der Waals surface area contributed by atoms with Crippen molar-refractivity contribution in [2.45, 2.75) is 39.7 Å². The standard InChI is InChI=1S/C26H30ClN3O3/c1-6-8-22-21(15-28)29-20-13-26(4,5)14-23(32)24(20)25(30(22)16(3)31)18-10-9-17(12-19(18)27)33-11-7-2/h6-10,12,15,25,29H,1-2,11,13-14,28H2,3-5H3/b21-15+,22-8?. The molecule has 1 aromatic carbocycles. The molecule has 0 spiro atoms. The Labute approximate surface area is 200 Å². The van der Waals surface area contributed by atoms with Crippen molar-refractivity contribution in [1.82, 2.24) is 10.2 Å². The number of nitrogens with two attached hydrogens (primary N) is 1. The Hall–Kier alpha value is -3.25. The van der Waals surface area contributed by atoms with Crippen LogP contribution in [0.2, 0.25) is 5.02 Å². The molecule has 7 heteroatoms. The van der Waals surface area contributed by atoms with Crippen molar-refractivity contribution >= 4 is 23.3 Å². The number of hydrogen-bond acceptors (Lipinski definition) is 5. The molecular formula is C26H30ClN3O3. The van der Waals surface area contributed by atoms with Gasteiger partial charge in [-0.1, -0.05) is 56.8 Å². The summed E-state index contributed by atoms with van der Waals surface area (Å²) in [7, 11) is 0. The van der Waals surface area contributed by atoms with E-state index in [1.807, 2.05) is 13.8 Å². The van der Waals surface area contributed by atoms with Crippen LogP contribution >= 0.6 is 11.6 Å². The second-order valence-electron chi connectivity index (χ2n) is 8.90. The molecule has 1 atom stereocenters. The maximum Gasteiger partial charge on any atom is 0.224 e. The van der Waals surface area contributed by atoms with Crippen molar-refractivity contribution in [3.8, 4) is 5.75 Å². The second-order valence-corrected chi connectivity index (χ2v) is 9.31. The lowest BCUT2D eigenvalue weighted by molar-refractivity contribution is -0.128. The highest BCUT2D eigenvalue weighted by Gasteiger charge is 2.44. The first-order valence-corrected chi connectivity index (χ1v) is 11.1. The lowest BCUT2D eigenvalue weighted by Gasteiger charge is -2.37. The van der Waals surface area contributed by atoms with Gasteiger partial charge in [0.15, 0.2) is 5.78 Å². The summed E-state index contributed by atoms with van der Waals surface area (Å²) in [5, 5.41) is 3.72. The van der Waals surface area contributed by atoms with E-state index in [0.717, 1.165) is 5.70 Å². The molecule has 33 heavy (non-hydrogen) atoms. The summed E-state index contributed by atoms with van der Waals surface area (Å²) in [6.07, 6.45) is 7.30. The molecule has 1 aromatic rings. The van der Waals surface area contributed by atoms with E-state index >= 15 is 0 Å². The molecule has 1 heterocycles. The number of Topliss-reactive ketones (excluding diaryl/α,β-unsaturated/α-hetero) is 1. The zero-order valence-corrected chi connectivity index (χ0v) is 20.0. The molecule has 0 aromatic heterocycles. The van der Waals surface area contributed by atoms with Gasteiger partial charge in [0.2, 0.25) is 5.91 Å². The predicted molar refractivity (Wildman–Crippen MR) is 131 cm³/mol. The van der Waals surface area contributed by atoms with Gasteiger partial charge in [-0.3, -0.25) is 14.5 Å². The van der Waals surface area contributed by atoms with Gasteiger partial charge in [0, 0.05) is 35.8 Å². The first kappa shape index (κ1) is 24.4. The molecule has 1 aliphatic carbocycles. The Morgan fingerprint density at radius 1 is 1.36 bits per heavy atom. The number of nitrogens with zero attached hydrogens (tertiary/aromatic N) is 1. The third kappa shape index (κ3) is 4.91. The van der Waals surface area contributed by atoms with E-state index in [9.17, 15) is 9.59 Å². The molecule has 3 N–H and O–H groups in total. The number of allylic oxidation sites excluding steroid dienone is 3. The topological polar surface area (TPSA) is 84.7 Å². The van der Waals surface area contributed by atoms with Gasteiger partial charge in [-0.05, 0) is 35.6 Å². The van der Waals surface area contributed by atoms with E-state index in [1.54, 1.807) is 41.3 Å². The van der Waals surface area contributed by atoms with E-state index in [2.05, 4.69) is 18.5 Å². The van der Waals surface area contributed by atoms with Crippen LogP contribution in [0, 0.1) is 5.41 Å². The molecule has 3 rings (SSSR count). The van der Waals surface area contributed by atoms with Gasteiger partial charge >= 0.3 is 0 Å². The Balaban J connectivity index is 2.31. The summed E-state index contributed by atoms with van der Waals surface area (Å²) in [5.74, 6) is 0.271. The normalized spacial score (nSPS) is 22.5. The molecule has 6 nitrogen and oxygen atoms in total. The predicted octanol–water partition coefficient (Wildman–Crippen LogP) is 4.91. The third-order valence-corrected chi connectivity index (χ3v) is 6.02. The molecule has 0 saturated carbocycles. The van der Waals surface area contributed by atoms with Gasteiger partial charge in [-0.25, -0.2) is 0 Å². The molecule has 0 radical (unpaired) electrons. The molecule has 0 bridgehead atoms. The zero-order valence-electron chi connectivity index (χ0n) is 19.3. The van der Waals surface area contributed by atoms with Gasteiger partial charge in [-0.2, -0.15) is 0 Å². The van der Waals surface area contributed by atoms with E-state index in [1.165, 1.54) is 13.1 Å². The zero-order chi connectivity index (χ0) is 24.3. The average Bonchev–Trinajstić information content (AvgIpc) is 2.86. The summed E-state index contributed by atoms with van der Waals surface area (Å²) in [6.45, 7) is 13.3. The number of carbonyl (C=O) groups excluding carboxylic acids is 2. The molecule has 0 saturated heterocycles. The minimum atomic E-state index is -0.738. The van der Waals surface area contributed by atoms with Crippen molar-refractivity contribution in [3.05, 3.63) is 89.0 Å². The largest absolute Gasteiger partial charge is 0.490 e.